The third-order valence-corrected chi connectivity index (χ3v) is 3.39. The summed E-state index contributed by atoms with van der Waals surface area (Å²) < 4.78 is 5.95. The van der Waals surface area contributed by atoms with Gasteiger partial charge < -0.3 is 9.53 Å². The Morgan fingerprint density at radius 3 is 2.68 bits per heavy atom. The van der Waals surface area contributed by atoms with E-state index in [2.05, 4.69) is 5.48 Å². The molecule has 22 heavy (non-hydrogen) atoms. The molecule has 0 radical (unpaired) electrons. The van der Waals surface area contributed by atoms with Crippen molar-refractivity contribution in [2.24, 2.45) is 0 Å². The molecule has 3 rings (SSSR count). The number of carbonyl (C=O) groups excluding carboxylic acids is 1. The van der Waals surface area contributed by atoms with Crippen LogP contribution in [0.25, 0.3) is 5.70 Å². The molecule has 0 aromatic heterocycles. The van der Waals surface area contributed by atoms with Crippen LogP contribution in [-0.4, -0.2) is 12.4 Å². The number of hydroxylamine groups is 1. The predicted octanol–water partition coefficient (Wildman–Crippen LogP) is 3.70. The second-order valence-electron chi connectivity index (χ2n) is 4.99. The van der Waals surface area contributed by atoms with Crippen LogP contribution in [0.1, 0.15) is 18.4 Å². The Labute approximate surface area is 129 Å². The highest BCUT2D eigenvalue weighted by molar-refractivity contribution is 5.70. The number of carbonyl (C=O) groups is 1. The molecule has 0 saturated heterocycles. The minimum absolute atomic E-state index is 0.0926. The van der Waals surface area contributed by atoms with E-state index in [0.29, 0.717) is 12.8 Å². The van der Waals surface area contributed by atoms with Gasteiger partial charge in [0.05, 0.1) is 5.70 Å². The third-order valence-electron chi connectivity index (χ3n) is 3.39. The van der Waals surface area contributed by atoms with Gasteiger partial charge in [0.25, 0.3) is 0 Å². The van der Waals surface area contributed by atoms with Gasteiger partial charge in [0, 0.05) is 12.0 Å². The number of aldehydes is 1. The second kappa shape index (κ2) is 6.91. The largest absolute Gasteiger partial charge is 0.457 e. The number of hydrogen-bond acceptors (Lipinski definition) is 4. The van der Waals surface area contributed by atoms with E-state index < -0.39 is 0 Å². The fourth-order valence-corrected chi connectivity index (χ4v) is 2.31. The number of hydrogen-bond donors (Lipinski definition) is 1. The molecule has 1 aliphatic heterocycles. The summed E-state index contributed by atoms with van der Waals surface area (Å²) in [5, 5.41) is 0. The zero-order valence-corrected chi connectivity index (χ0v) is 12.1. The molecule has 112 valence electrons. The molecular formula is C18H17NO3. The molecule has 4 nitrogen and oxygen atoms in total. The molecule has 4 heteroatoms. The SMILES string of the molecule is O=CCCC1C=C(c2ccccc2Oc2ccccc2)NO1. The van der Waals surface area contributed by atoms with E-state index in [4.69, 9.17) is 9.57 Å². The third kappa shape index (κ3) is 3.35. The summed E-state index contributed by atoms with van der Waals surface area (Å²) in [5.74, 6) is 1.54. The highest BCUT2D eigenvalue weighted by atomic mass is 16.7. The molecule has 1 unspecified atom stereocenters. The lowest BCUT2D eigenvalue weighted by molar-refractivity contribution is -0.108. The molecule has 0 spiro atoms. The van der Waals surface area contributed by atoms with E-state index in [0.717, 1.165) is 29.0 Å². The van der Waals surface area contributed by atoms with Crippen LogP contribution in [0.2, 0.25) is 0 Å². The van der Waals surface area contributed by atoms with Gasteiger partial charge in [-0.3, -0.25) is 10.3 Å². The Bertz CT molecular complexity index is 667. The Kier molecular flexibility index (Phi) is 4.51. The zero-order chi connectivity index (χ0) is 15.2. The van der Waals surface area contributed by atoms with Crippen molar-refractivity contribution in [3.8, 4) is 11.5 Å². The first-order chi connectivity index (χ1) is 10.9. The van der Waals surface area contributed by atoms with Gasteiger partial charge in [-0.1, -0.05) is 30.3 Å². The molecule has 0 bridgehead atoms. The number of ether oxygens (including phenoxy) is 1. The maximum Gasteiger partial charge on any atom is 0.136 e. The van der Waals surface area contributed by atoms with E-state index in [1.807, 2.05) is 60.7 Å². The topological polar surface area (TPSA) is 47.6 Å². The van der Waals surface area contributed by atoms with Crippen LogP contribution < -0.4 is 10.2 Å². The van der Waals surface area contributed by atoms with Gasteiger partial charge in [0.15, 0.2) is 0 Å². The van der Waals surface area contributed by atoms with Crippen molar-refractivity contribution in [1.29, 1.82) is 0 Å². The molecule has 0 aliphatic carbocycles. The summed E-state index contributed by atoms with van der Waals surface area (Å²) in [6, 6.07) is 17.4. The molecule has 0 fully saturated rings. The summed E-state index contributed by atoms with van der Waals surface area (Å²) in [4.78, 5) is 15.9. The van der Waals surface area contributed by atoms with Crippen molar-refractivity contribution in [3.63, 3.8) is 0 Å². The molecule has 1 atom stereocenters. The van der Waals surface area contributed by atoms with Gasteiger partial charge in [-0.05, 0) is 36.8 Å². The second-order valence-corrected chi connectivity index (χ2v) is 4.99. The Morgan fingerprint density at radius 2 is 1.86 bits per heavy atom. The highest BCUT2D eigenvalue weighted by Gasteiger charge is 2.19. The summed E-state index contributed by atoms with van der Waals surface area (Å²) in [5.41, 5.74) is 4.72. The van der Waals surface area contributed by atoms with Gasteiger partial charge in [0.2, 0.25) is 0 Å². The summed E-state index contributed by atoms with van der Waals surface area (Å²) >= 11 is 0. The van der Waals surface area contributed by atoms with Crippen LogP contribution in [0, 0.1) is 0 Å². The minimum atomic E-state index is -0.0926. The van der Waals surface area contributed by atoms with E-state index in [1.54, 1.807) is 0 Å². The average Bonchev–Trinajstić information content (AvgIpc) is 3.03. The summed E-state index contributed by atoms with van der Waals surface area (Å²) in [7, 11) is 0. The molecule has 1 N–H and O–H groups in total. The van der Waals surface area contributed by atoms with Crippen molar-refractivity contribution in [2.45, 2.75) is 18.9 Å². The molecule has 1 aliphatic rings. The number of rotatable bonds is 6. The van der Waals surface area contributed by atoms with Gasteiger partial charge >= 0.3 is 0 Å². The number of benzene rings is 2. The van der Waals surface area contributed by atoms with Gasteiger partial charge in [-0.15, -0.1) is 0 Å². The number of nitrogens with one attached hydrogen (secondary N) is 1. The summed E-state index contributed by atoms with van der Waals surface area (Å²) in [6.45, 7) is 0. The molecule has 2 aromatic rings. The lowest BCUT2D eigenvalue weighted by Crippen LogP contribution is -2.12. The van der Waals surface area contributed by atoms with Gasteiger partial charge in [-0.2, -0.15) is 0 Å². The maximum atomic E-state index is 10.5. The van der Waals surface area contributed by atoms with Crippen molar-refractivity contribution in [1.82, 2.24) is 5.48 Å². The Balaban J connectivity index is 1.81. The van der Waals surface area contributed by atoms with Crippen LogP contribution in [0.3, 0.4) is 0 Å². The van der Waals surface area contributed by atoms with Crippen LogP contribution in [0.4, 0.5) is 0 Å². The Hall–Kier alpha value is -2.59. The van der Waals surface area contributed by atoms with Crippen LogP contribution in [0.15, 0.2) is 60.7 Å². The molecular weight excluding hydrogens is 278 g/mol. The monoisotopic (exact) mass is 295 g/mol. The first kappa shape index (κ1) is 14.4. The normalized spacial score (nSPS) is 16.7. The average molecular weight is 295 g/mol. The molecule has 2 aromatic carbocycles. The van der Waals surface area contributed by atoms with Crippen molar-refractivity contribution in [2.75, 3.05) is 0 Å². The van der Waals surface area contributed by atoms with E-state index in [1.165, 1.54) is 0 Å². The zero-order valence-electron chi connectivity index (χ0n) is 12.1. The van der Waals surface area contributed by atoms with Crippen molar-refractivity contribution >= 4 is 12.0 Å². The van der Waals surface area contributed by atoms with Crippen LogP contribution in [0.5, 0.6) is 11.5 Å². The van der Waals surface area contributed by atoms with Crippen LogP contribution >= 0.6 is 0 Å². The van der Waals surface area contributed by atoms with Crippen molar-refractivity contribution in [3.05, 3.63) is 66.2 Å². The lowest BCUT2D eigenvalue weighted by atomic mass is 10.1. The smallest absolute Gasteiger partial charge is 0.136 e. The highest BCUT2D eigenvalue weighted by Crippen LogP contribution is 2.31. The Morgan fingerprint density at radius 1 is 1.09 bits per heavy atom. The van der Waals surface area contributed by atoms with E-state index in [9.17, 15) is 4.79 Å². The van der Waals surface area contributed by atoms with E-state index in [-0.39, 0.29) is 6.10 Å². The van der Waals surface area contributed by atoms with Crippen LogP contribution in [-0.2, 0) is 9.63 Å². The summed E-state index contributed by atoms with van der Waals surface area (Å²) in [6.07, 6.45) is 3.95. The first-order valence-electron chi connectivity index (χ1n) is 7.26. The fraction of sp³-hybridized carbons (Fsp3) is 0.167. The van der Waals surface area contributed by atoms with Gasteiger partial charge in [0.1, 0.15) is 23.9 Å². The molecule has 1 heterocycles. The van der Waals surface area contributed by atoms with Crippen molar-refractivity contribution < 1.29 is 14.4 Å². The fourth-order valence-electron chi connectivity index (χ4n) is 2.31. The lowest BCUT2D eigenvalue weighted by Gasteiger charge is -2.11. The number of para-hydroxylation sites is 2. The molecule has 0 amide bonds. The van der Waals surface area contributed by atoms with Gasteiger partial charge in [-0.25, -0.2) is 0 Å². The first-order valence-corrected chi connectivity index (χ1v) is 7.26. The molecule has 0 saturated carbocycles. The minimum Gasteiger partial charge on any atom is -0.457 e. The standard InChI is InChI=1S/C18H17NO3/c20-12-6-9-15-13-17(19-22-15)16-10-4-5-11-18(16)21-14-7-2-1-3-8-14/h1-5,7-8,10-13,15,19H,6,9H2. The maximum absolute atomic E-state index is 10.5. The quantitative estimate of drug-likeness (QED) is 0.825. The predicted molar refractivity (Wildman–Crippen MR) is 84.2 cm³/mol. The van der Waals surface area contributed by atoms with E-state index >= 15 is 0 Å².